The van der Waals surface area contributed by atoms with Crippen LogP contribution in [0.1, 0.15) is 0 Å². The average molecular weight is 238 g/mol. The number of hydrogen-bond acceptors (Lipinski definition) is 3. The van der Waals surface area contributed by atoms with Gasteiger partial charge in [-0.2, -0.15) is 0 Å². The van der Waals surface area contributed by atoms with Crippen molar-refractivity contribution in [3.63, 3.8) is 0 Å². The number of anilines is 1. The number of aromatic nitrogens is 2. The van der Waals surface area contributed by atoms with Crippen LogP contribution in [0.3, 0.4) is 0 Å². The van der Waals surface area contributed by atoms with Crippen molar-refractivity contribution in [2.75, 3.05) is 31.2 Å². The molecule has 3 rings (SSSR count). The highest BCUT2D eigenvalue weighted by Crippen LogP contribution is 2.32. The van der Waals surface area contributed by atoms with Gasteiger partial charge in [0.15, 0.2) is 0 Å². The molecule has 16 heavy (non-hydrogen) atoms. The van der Waals surface area contributed by atoms with E-state index in [4.69, 9.17) is 16.3 Å². The summed E-state index contributed by atoms with van der Waals surface area (Å²) in [4.78, 5) is 9.66. The van der Waals surface area contributed by atoms with E-state index in [2.05, 4.69) is 14.9 Å². The van der Waals surface area contributed by atoms with Crippen molar-refractivity contribution in [3.05, 3.63) is 23.5 Å². The standard InChI is InChI=1S/C11H12ClN3O/c12-8-1-2-9-10(14-7-13-9)11(8)15-3-5-16-6-4-15/h1-2,7H,3-6H2,(H,13,14). The molecular weight excluding hydrogens is 226 g/mol. The fourth-order valence-electron chi connectivity index (χ4n) is 2.06. The Kier molecular flexibility index (Phi) is 2.46. The number of nitrogens with one attached hydrogen (secondary N) is 1. The number of halogens is 1. The van der Waals surface area contributed by atoms with Crippen LogP contribution in [-0.4, -0.2) is 36.3 Å². The number of hydrogen-bond donors (Lipinski definition) is 1. The van der Waals surface area contributed by atoms with E-state index in [-0.39, 0.29) is 0 Å². The molecule has 1 N–H and O–H groups in total. The summed E-state index contributed by atoms with van der Waals surface area (Å²) in [5, 5.41) is 0.751. The zero-order valence-electron chi connectivity index (χ0n) is 8.74. The predicted octanol–water partition coefficient (Wildman–Crippen LogP) is 2.05. The van der Waals surface area contributed by atoms with Gasteiger partial charge in [-0.05, 0) is 12.1 Å². The zero-order chi connectivity index (χ0) is 11.0. The van der Waals surface area contributed by atoms with Gasteiger partial charge in [0.25, 0.3) is 0 Å². The summed E-state index contributed by atoms with van der Waals surface area (Å²) >= 11 is 6.26. The second-order valence-electron chi connectivity index (χ2n) is 3.79. The SMILES string of the molecule is Clc1ccc2[nH]cnc2c1N1CCOCC1. The van der Waals surface area contributed by atoms with Gasteiger partial charge in [-0.25, -0.2) is 4.98 Å². The minimum absolute atomic E-state index is 0.747. The molecule has 4 nitrogen and oxygen atoms in total. The maximum Gasteiger partial charge on any atom is 0.113 e. The molecule has 2 heterocycles. The molecule has 0 saturated carbocycles. The normalized spacial score (nSPS) is 16.9. The highest BCUT2D eigenvalue weighted by atomic mass is 35.5. The van der Waals surface area contributed by atoms with E-state index >= 15 is 0 Å². The van der Waals surface area contributed by atoms with Crippen molar-refractivity contribution >= 4 is 28.3 Å². The number of ether oxygens (including phenoxy) is 1. The van der Waals surface area contributed by atoms with Gasteiger partial charge in [0, 0.05) is 13.1 Å². The summed E-state index contributed by atoms with van der Waals surface area (Å²) in [5.74, 6) is 0. The highest BCUT2D eigenvalue weighted by molar-refractivity contribution is 6.34. The predicted molar refractivity (Wildman–Crippen MR) is 64.1 cm³/mol. The second kappa shape index (κ2) is 3.96. The summed E-state index contributed by atoms with van der Waals surface area (Å²) in [7, 11) is 0. The third-order valence-electron chi connectivity index (χ3n) is 2.84. The summed E-state index contributed by atoms with van der Waals surface area (Å²) in [6.07, 6.45) is 1.70. The summed E-state index contributed by atoms with van der Waals surface area (Å²) in [6, 6.07) is 3.86. The minimum atomic E-state index is 0.747. The van der Waals surface area contributed by atoms with Crippen LogP contribution in [0.2, 0.25) is 5.02 Å². The van der Waals surface area contributed by atoms with Crippen LogP contribution >= 0.6 is 11.6 Å². The quantitative estimate of drug-likeness (QED) is 0.826. The number of H-pyrrole nitrogens is 1. The van der Waals surface area contributed by atoms with Crippen LogP contribution in [0.15, 0.2) is 18.5 Å². The van der Waals surface area contributed by atoms with Gasteiger partial charge in [-0.1, -0.05) is 11.6 Å². The van der Waals surface area contributed by atoms with Crippen LogP contribution < -0.4 is 4.90 Å². The molecule has 0 radical (unpaired) electrons. The Morgan fingerprint density at radius 3 is 2.94 bits per heavy atom. The molecule has 0 bridgehead atoms. The topological polar surface area (TPSA) is 41.2 Å². The van der Waals surface area contributed by atoms with Crippen LogP contribution in [0.5, 0.6) is 0 Å². The number of fused-ring (bicyclic) bond motifs is 1. The first-order chi connectivity index (χ1) is 7.86. The van der Waals surface area contributed by atoms with Crippen molar-refractivity contribution in [2.24, 2.45) is 0 Å². The smallest absolute Gasteiger partial charge is 0.113 e. The van der Waals surface area contributed by atoms with Crippen molar-refractivity contribution in [2.45, 2.75) is 0 Å². The van der Waals surface area contributed by atoms with Crippen LogP contribution in [0.4, 0.5) is 5.69 Å². The molecule has 0 spiro atoms. The average Bonchev–Trinajstić information content (AvgIpc) is 2.78. The minimum Gasteiger partial charge on any atom is -0.378 e. The Balaban J connectivity index is 2.12. The number of nitrogens with zero attached hydrogens (tertiary/aromatic N) is 2. The third-order valence-corrected chi connectivity index (χ3v) is 3.15. The molecule has 0 amide bonds. The van der Waals surface area contributed by atoms with Crippen LogP contribution in [0.25, 0.3) is 11.0 Å². The fourth-order valence-corrected chi connectivity index (χ4v) is 2.33. The Morgan fingerprint density at radius 1 is 1.31 bits per heavy atom. The van der Waals surface area contributed by atoms with Gasteiger partial charge >= 0.3 is 0 Å². The van der Waals surface area contributed by atoms with Crippen molar-refractivity contribution in [1.82, 2.24) is 9.97 Å². The van der Waals surface area contributed by atoms with Crippen LogP contribution in [0, 0.1) is 0 Å². The maximum atomic E-state index is 6.26. The molecule has 0 atom stereocenters. The van der Waals surface area contributed by atoms with E-state index in [1.807, 2.05) is 12.1 Å². The third kappa shape index (κ3) is 1.54. The second-order valence-corrected chi connectivity index (χ2v) is 4.20. The fraction of sp³-hybridized carbons (Fsp3) is 0.364. The van der Waals surface area contributed by atoms with Gasteiger partial charge in [0.2, 0.25) is 0 Å². The zero-order valence-corrected chi connectivity index (χ0v) is 9.50. The van der Waals surface area contributed by atoms with E-state index < -0.39 is 0 Å². The van der Waals surface area contributed by atoms with Crippen molar-refractivity contribution in [1.29, 1.82) is 0 Å². The largest absolute Gasteiger partial charge is 0.378 e. The molecule has 0 unspecified atom stereocenters. The lowest BCUT2D eigenvalue weighted by Gasteiger charge is -2.29. The Bertz CT molecular complexity index is 505. The number of aromatic amines is 1. The molecule has 1 aromatic heterocycles. The molecule has 2 aromatic rings. The lowest BCUT2D eigenvalue weighted by molar-refractivity contribution is 0.123. The maximum absolute atomic E-state index is 6.26. The van der Waals surface area contributed by atoms with Gasteiger partial charge in [-0.15, -0.1) is 0 Å². The van der Waals surface area contributed by atoms with Crippen molar-refractivity contribution in [3.8, 4) is 0 Å². The first-order valence-corrected chi connectivity index (χ1v) is 5.68. The lowest BCUT2D eigenvalue weighted by Crippen LogP contribution is -2.36. The number of morpholine rings is 1. The van der Waals surface area contributed by atoms with Gasteiger partial charge in [-0.3, -0.25) is 0 Å². The van der Waals surface area contributed by atoms with Crippen molar-refractivity contribution < 1.29 is 4.74 Å². The Labute approximate surface area is 98.2 Å². The summed E-state index contributed by atoms with van der Waals surface area (Å²) in [6.45, 7) is 3.23. The van der Waals surface area contributed by atoms with E-state index in [0.29, 0.717) is 0 Å². The van der Waals surface area contributed by atoms with Gasteiger partial charge < -0.3 is 14.6 Å². The molecule has 84 valence electrons. The number of benzene rings is 1. The van der Waals surface area contributed by atoms with Gasteiger partial charge in [0.1, 0.15) is 5.52 Å². The Hall–Kier alpha value is -1.26. The van der Waals surface area contributed by atoms with E-state index in [1.165, 1.54) is 0 Å². The molecule has 1 saturated heterocycles. The number of rotatable bonds is 1. The highest BCUT2D eigenvalue weighted by Gasteiger charge is 2.18. The van der Waals surface area contributed by atoms with E-state index in [9.17, 15) is 0 Å². The monoisotopic (exact) mass is 237 g/mol. The van der Waals surface area contributed by atoms with Crippen LogP contribution in [-0.2, 0) is 4.74 Å². The first kappa shape index (κ1) is 9.93. The van der Waals surface area contributed by atoms with E-state index in [0.717, 1.165) is 48.0 Å². The molecule has 1 aliphatic rings. The lowest BCUT2D eigenvalue weighted by atomic mass is 10.2. The first-order valence-electron chi connectivity index (χ1n) is 5.30. The molecular formula is C11H12ClN3O. The summed E-state index contributed by atoms with van der Waals surface area (Å²) in [5.41, 5.74) is 2.98. The number of imidazole rings is 1. The molecule has 1 fully saturated rings. The molecule has 1 aliphatic heterocycles. The Morgan fingerprint density at radius 2 is 2.12 bits per heavy atom. The summed E-state index contributed by atoms with van der Waals surface area (Å²) < 4.78 is 5.34. The molecule has 0 aliphatic carbocycles. The molecule has 5 heteroatoms. The van der Waals surface area contributed by atoms with Gasteiger partial charge in [0.05, 0.1) is 35.8 Å². The molecule has 1 aromatic carbocycles. The van der Waals surface area contributed by atoms with E-state index in [1.54, 1.807) is 6.33 Å².